The highest BCUT2D eigenvalue weighted by Crippen LogP contribution is 2.19. The third-order valence-corrected chi connectivity index (χ3v) is 2.21. The van der Waals surface area contributed by atoms with Gasteiger partial charge in [0.05, 0.1) is 0 Å². The molecule has 18 heavy (non-hydrogen) atoms. The first kappa shape index (κ1) is 11.5. The summed E-state index contributed by atoms with van der Waals surface area (Å²) in [6, 6.07) is 3.67. The summed E-state index contributed by atoms with van der Waals surface area (Å²) in [5.41, 5.74) is 0.135. The molecule has 0 aromatic carbocycles. The number of carbonyl (C=O) groups is 1. The van der Waals surface area contributed by atoms with Crippen LogP contribution < -0.4 is 5.32 Å². The van der Waals surface area contributed by atoms with Crippen molar-refractivity contribution in [3.8, 4) is 12.1 Å². The third kappa shape index (κ3) is 1.62. The second-order valence-corrected chi connectivity index (χ2v) is 3.47. The van der Waals surface area contributed by atoms with E-state index in [4.69, 9.17) is 10.5 Å². The van der Waals surface area contributed by atoms with Gasteiger partial charge in [0, 0.05) is 6.92 Å². The highest BCUT2D eigenvalue weighted by atomic mass is 16.1. The molecule has 2 rings (SSSR count). The SMILES string of the molecule is CC(=O)Nc1c(C#N)nc(C#N)c2nnc(C)n12. The van der Waals surface area contributed by atoms with Crippen LogP contribution in [0.5, 0.6) is 0 Å². The quantitative estimate of drug-likeness (QED) is 0.757. The Morgan fingerprint density at radius 1 is 1.28 bits per heavy atom. The maximum Gasteiger partial charge on any atom is 0.222 e. The van der Waals surface area contributed by atoms with Crippen molar-refractivity contribution in [3.63, 3.8) is 0 Å². The maximum atomic E-state index is 11.1. The van der Waals surface area contributed by atoms with E-state index in [9.17, 15) is 4.79 Å². The van der Waals surface area contributed by atoms with Crippen molar-refractivity contribution in [1.82, 2.24) is 19.6 Å². The molecule has 8 heteroatoms. The fraction of sp³-hybridized carbons (Fsp3) is 0.200. The molecule has 0 bridgehead atoms. The van der Waals surface area contributed by atoms with Crippen LogP contribution in [0.25, 0.3) is 5.65 Å². The Morgan fingerprint density at radius 2 is 1.94 bits per heavy atom. The van der Waals surface area contributed by atoms with Gasteiger partial charge >= 0.3 is 0 Å². The minimum Gasteiger partial charge on any atom is -0.310 e. The van der Waals surface area contributed by atoms with E-state index in [2.05, 4.69) is 20.5 Å². The van der Waals surface area contributed by atoms with Crippen LogP contribution in [0.3, 0.4) is 0 Å². The molecule has 0 aliphatic heterocycles. The minimum atomic E-state index is -0.354. The average molecular weight is 241 g/mol. The standard InChI is InChI=1S/C10H7N7O/c1-5-15-16-10-8(4-12)14-7(3-11)9(17(5)10)13-6(2)18/h1-2H3,(H,13,18). The molecule has 0 aliphatic rings. The predicted molar refractivity (Wildman–Crippen MR) is 59.3 cm³/mol. The number of aromatic nitrogens is 4. The van der Waals surface area contributed by atoms with Gasteiger partial charge in [0.1, 0.15) is 18.0 Å². The molecule has 1 N–H and O–H groups in total. The number of nitrogens with zero attached hydrogens (tertiary/aromatic N) is 6. The number of rotatable bonds is 1. The Balaban J connectivity index is 2.90. The van der Waals surface area contributed by atoms with Crippen LogP contribution in [0.2, 0.25) is 0 Å². The van der Waals surface area contributed by atoms with Gasteiger partial charge in [-0.05, 0) is 6.92 Å². The van der Waals surface area contributed by atoms with Crippen LogP contribution in [0, 0.1) is 29.6 Å². The Morgan fingerprint density at radius 3 is 2.50 bits per heavy atom. The van der Waals surface area contributed by atoms with Crippen LogP contribution in [0.1, 0.15) is 24.1 Å². The van der Waals surface area contributed by atoms with Crippen LogP contribution in [0.15, 0.2) is 0 Å². The van der Waals surface area contributed by atoms with Gasteiger partial charge in [-0.2, -0.15) is 10.5 Å². The van der Waals surface area contributed by atoms with Gasteiger partial charge in [0.2, 0.25) is 5.91 Å². The van der Waals surface area contributed by atoms with E-state index in [1.54, 1.807) is 6.92 Å². The summed E-state index contributed by atoms with van der Waals surface area (Å²) >= 11 is 0. The average Bonchev–Trinajstić information content (AvgIpc) is 2.71. The summed E-state index contributed by atoms with van der Waals surface area (Å²) in [6.07, 6.45) is 0. The first-order chi connectivity index (χ1) is 8.58. The van der Waals surface area contributed by atoms with E-state index in [1.807, 2.05) is 12.1 Å². The highest BCUT2D eigenvalue weighted by Gasteiger charge is 2.18. The topological polar surface area (TPSA) is 120 Å². The van der Waals surface area contributed by atoms with E-state index < -0.39 is 0 Å². The molecule has 0 spiro atoms. The smallest absolute Gasteiger partial charge is 0.222 e. The van der Waals surface area contributed by atoms with E-state index >= 15 is 0 Å². The number of fused-ring (bicyclic) bond motifs is 1. The summed E-state index contributed by atoms with van der Waals surface area (Å²) in [6.45, 7) is 2.96. The highest BCUT2D eigenvalue weighted by molar-refractivity contribution is 5.89. The number of anilines is 1. The normalized spacial score (nSPS) is 9.78. The lowest BCUT2D eigenvalue weighted by Gasteiger charge is -2.08. The molecule has 0 saturated heterocycles. The van der Waals surface area contributed by atoms with Crippen molar-refractivity contribution in [2.24, 2.45) is 0 Å². The zero-order chi connectivity index (χ0) is 13.3. The van der Waals surface area contributed by atoms with Crippen LogP contribution in [-0.4, -0.2) is 25.5 Å². The van der Waals surface area contributed by atoms with Gasteiger partial charge < -0.3 is 5.32 Å². The molecule has 88 valence electrons. The van der Waals surface area contributed by atoms with Crippen molar-refractivity contribution >= 4 is 17.4 Å². The minimum absolute atomic E-state index is 0.0127. The summed E-state index contributed by atoms with van der Waals surface area (Å²) in [5, 5.41) is 28.1. The number of hydrogen-bond acceptors (Lipinski definition) is 6. The lowest BCUT2D eigenvalue weighted by molar-refractivity contribution is -0.114. The molecule has 0 aliphatic carbocycles. The van der Waals surface area contributed by atoms with Gasteiger partial charge in [-0.15, -0.1) is 10.2 Å². The number of nitriles is 2. The number of aryl methyl sites for hydroxylation is 1. The van der Waals surface area contributed by atoms with Crippen LogP contribution in [-0.2, 0) is 4.79 Å². The summed E-state index contributed by atoms with van der Waals surface area (Å²) in [4.78, 5) is 15.0. The summed E-state index contributed by atoms with van der Waals surface area (Å²) in [5.74, 6) is 0.262. The van der Waals surface area contributed by atoms with Gasteiger partial charge in [0.25, 0.3) is 0 Å². The zero-order valence-corrected chi connectivity index (χ0v) is 9.59. The number of amides is 1. The van der Waals surface area contributed by atoms with E-state index in [0.717, 1.165) is 0 Å². The molecular weight excluding hydrogens is 234 g/mol. The van der Waals surface area contributed by atoms with Gasteiger partial charge in [0.15, 0.2) is 22.9 Å². The molecule has 0 radical (unpaired) electrons. The molecule has 2 heterocycles. The van der Waals surface area contributed by atoms with Crippen molar-refractivity contribution < 1.29 is 4.79 Å². The first-order valence-electron chi connectivity index (χ1n) is 4.92. The lowest BCUT2D eigenvalue weighted by Crippen LogP contribution is -2.14. The number of hydrogen-bond donors (Lipinski definition) is 1. The fourth-order valence-corrected chi connectivity index (χ4v) is 1.54. The molecular formula is C10H7N7O. The molecule has 0 saturated carbocycles. The maximum absolute atomic E-state index is 11.1. The van der Waals surface area contributed by atoms with Gasteiger partial charge in [-0.3, -0.25) is 9.20 Å². The molecule has 8 nitrogen and oxygen atoms in total. The molecule has 0 atom stereocenters. The van der Waals surface area contributed by atoms with E-state index in [1.165, 1.54) is 11.3 Å². The third-order valence-electron chi connectivity index (χ3n) is 2.21. The Labute approximate surface area is 101 Å². The number of carbonyl (C=O) groups excluding carboxylic acids is 1. The van der Waals surface area contributed by atoms with Crippen molar-refractivity contribution in [3.05, 3.63) is 17.2 Å². The zero-order valence-electron chi connectivity index (χ0n) is 9.59. The lowest BCUT2D eigenvalue weighted by atomic mass is 10.3. The van der Waals surface area contributed by atoms with Gasteiger partial charge in [-0.1, -0.05) is 0 Å². The number of nitrogens with one attached hydrogen (secondary N) is 1. The Bertz CT molecular complexity index is 731. The van der Waals surface area contributed by atoms with Crippen molar-refractivity contribution in [2.45, 2.75) is 13.8 Å². The van der Waals surface area contributed by atoms with E-state index in [0.29, 0.717) is 5.82 Å². The molecule has 0 fully saturated rings. The second-order valence-electron chi connectivity index (χ2n) is 3.47. The van der Waals surface area contributed by atoms with Crippen LogP contribution in [0.4, 0.5) is 5.82 Å². The molecule has 1 amide bonds. The van der Waals surface area contributed by atoms with Crippen molar-refractivity contribution in [2.75, 3.05) is 5.32 Å². The first-order valence-corrected chi connectivity index (χ1v) is 4.92. The molecule has 2 aromatic heterocycles. The fourth-order valence-electron chi connectivity index (χ4n) is 1.54. The van der Waals surface area contributed by atoms with Gasteiger partial charge in [-0.25, -0.2) is 4.98 Å². The predicted octanol–water partition coefficient (Wildman–Crippen LogP) is 0.134. The monoisotopic (exact) mass is 241 g/mol. The summed E-state index contributed by atoms with van der Waals surface area (Å²) < 4.78 is 1.42. The Kier molecular flexibility index (Phi) is 2.62. The molecule has 2 aromatic rings. The molecule has 0 unspecified atom stereocenters. The van der Waals surface area contributed by atoms with E-state index in [-0.39, 0.29) is 28.8 Å². The second kappa shape index (κ2) is 4.11. The Hall–Kier alpha value is -3.00. The largest absolute Gasteiger partial charge is 0.310 e. The summed E-state index contributed by atoms with van der Waals surface area (Å²) in [7, 11) is 0. The van der Waals surface area contributed by atoms with Crippen molar-refractivity contribution in [1.29, 1.82) is 10.5 Å². The van der Waals surface area contributed by atoms with Crippen LogP contribution >= 0.6 is 0 Å².